The predicted octanol–water partition coefficient (Wildman–Crippen LogP) is 3.60. The zero-order valence-corrected chi connectivity index (χ0v) is 14.0. The fourth-order valence-electron chi connectivity index (χ4n) is 1.96. The van der Waals surface area contributed by atoms with Crippen molar-refractivity contribution >= 4 is 22.7 Å². The number of hydrogen-bond donors (Lipinski definition) is 2. The number of thioether (sulfide) groups is 1. The average Bonchev–Trinajstić information content (AvgIpc) is 2.44. The van der Waals surface area contributed by atoms with E-state index in [0.29, 0.717) is 0 Å². The van der Waals surface area contributed by atoms with E-state index in [0.717, 1.165) is 22.5 Å². The van der Waals surface area contributed by atoms with Gasteiger partial charge >= 0.3 is 0 Å². The molecule has 114 valence electrons. The minimum Gasteiger partial charge on any atom is -0.395 e. The number of aromatic nitrogens is 1. The van der Waals surface area contributed by atoms with Crippen molar-refractivity contribution in [2.45, 2.75) is 50.1 Å². The minimum absolute atomic E-state index is 0.0657. The topological polar surface area (TPSA) is 45.2 Å². The Morgan fingerprint density at radius 1 is 1.29 bits per heavy atom. The molecule has 0 aliphatic carbocycles. The molecule has 0 radical (unpaired) electrons. The Morgan fingerprint density at radius 3 is 2.67 bits per heavy atom. The van der Waals surface area contributed by atoms with E-state index < -0.39 is 0 Å². The molecule has 2 aromatic rings. The Morgan fingerprint density at radius 2 is 2.00 bits per heavy atom. The first-order chi connectivity index (χ1) is 9.89. The number of nitrogens with zero attached hydrogens (tertiary/aromatic N) is 1. The van der Waals surface area contributed by atoms with Crippen LogP contribution in [0.3, 0.4) is 0 Å². The van der Waals surface area contributed by atoms with Gasteiger partial charge in [0.1, 0.15) is 5.03 Å². The second kappa shape index (κ2) is 6.77. The molecule has 1 unspecified atom stereocenters. The molecule has 0 fully saturated rings. The summed E-state index contributed by atoms with van der Waals surface area (Å²) in [6, 6.07) is 10.4. The van der Waals surface area contributed by atoms with Crippen molar-refractivity contribution in [3.8, 4) is 0 Å². The van der Waals surface area contributed by atoms with Crippen molar-refractivity contribution in [1.82, 2.24) is 10.3 Å². The molecule has 0 spiro atoms. The van der Waals surface area contributed by atoms with E-state index in [1.54, 1.807) is 11.8 Å². The number of pyridine rings is 1. The molecule has 0 bridgehead atoms. The summed E-state index contributed by atoms with van der Waals surface area (Å²) in [5.41, 5.74) is 2.26. The zero-order valence-electron chi connectivity index (χ0n) is 13.2. The summed E-state index contributed by atoms with van der Waals surface area (Å²) in [6.07, 6.45) is 0. The van der Waals surface area contributed by atoms with Crippen molar-refractivity contribution < 1.29 is 5.11 Å². The zero-order chi connectivity index (χ0) is 15.5. The molecular formula is C17H24N2OS. The lowest BCUT2D eigenvalue weighted by molar-refractivity contribution is 0.300. The molecule has 2 N–H and O–H groups in total. The highest BCUT2D eigenvalue weighted by Gasteiger charge is 2.14. The summed E-state index contributed by atoms with van der Waals surface area (Å²) < 4.78 is 0. The van der Waals surface area contributed by atoms with Crippen LogP contribution in [-0.2, 0) is 6.54 Å². The fraction of sp³-hybridized carbons (Fsp3) is 0.471. The van der Waals surface area contributed by atoms with E-state index in [1.807, 2.05) is 25.1 Å². The first-order valence-electron chi connectivity index (χ1n) is 7.30. The van der Waals surface area contributed by atoms with Gasteiger partial charge in [0.15, 0.2) is 0 Å². The average molecular weight is 304 g/mol. The predicted molar refractivity (Wildman–Crippen MR) is 90.7 cm³/mol. The summed E-state index contributed by atoms with van der Waals surface area (Å²) in [7, 11) is 0. The highest BCUT2D eigenvalue weighted by Crippen LogP contribution is 2.28. The van der Waals surface area contributed by atoms with Gasteiger partial charge in [0, 0.05) is 22.7 Å². The van der Waals surface area contributed by atoms with Crippen LogP contribution in [0.1, 0.15) is 33.3 Å². The van der Waals surface area contributed by atoms with Gasteiger partial charge in [0.25, 0.3) is 0 Å². The van der Waals surface area contributed by atoms with Gasteiger partial charge in [-0.25, -0.2) is 4.98 Å². The van der Waals surface area contributed by atoms with Gasteiger partial charge in [-0.15, -0.1) is 11.8 Å². The van der Waals surface area contributed by atoms with Gasteiger partial charge < -0.3 is 10.4 Å². The molecule has 2 rings (SSSR count). The molecule has 1 atom stereocenters. The number of aliphatic hydroxyl groups excluding tert-OH is 1. The smallest absolute Gasteiger partial charge is 0.102 e. The number of para-hydroxylation sites is 1. The number of aliphatic hydroxyl groups is 1. The van der Waals surface area contributed by atoms with Gasteiger partial charge in [0.2, 0.25) is 0 Å². The number of nitrogens with one attached hydrogen (secondary N) is 1. The Bertz CT molecular complexity index is 607. The Labute approximate surface area is 131 Å². The molecule has 0 aliphatic heterocycles. The van der Waals surface area contributed by atoms with Gasteiger partial charge in [-0.3, -0.25) is 0 Å². The van der Waals surface area contributed by atoms with E-state index in [2.05, 4.69) is 38.2 Å². The monoisotopic (exact) mass is 304 g/mol. The molecule has 1 aromatic heterocycles. The van der Waals surface area contributed by atoms with Crippen molar-refractivity contribution in [2.24, 2.45) is 0 Å². The molecule has 0 saturated carbocycles. The molecule has 1 aromatic carbocycles. The summed E-state index contributed by atoms with van der Waals surface area (Å²) in [6.45, 7) is 9.43. The van der Waals surface area contributed by atoms with Crippen LogP contribution in [0.5, 0.6) is 0 Å². The lowest BCUT2D eigenvalue weighted by Gasteiger charge is -2.22. The summed E-state index contributed by atoms with van der Waals surface area (Å²) in [5.74, 6) is 0. The molecule has 3 nitrogen and oxygen atoms in total. The van der Waals surface area contributed by atoms with E-state index in [9.17, 15) is 5.11 Å². The number of hydrogen-bond acceptors (Lipinski definition) is 4. The van der Waals surface area contributed by atoms with Crippen LogP contribution >= 0.6 is 11.8 Å². The first kappa shape index (κ1) is 16.3. The van der Waals surface area contributed by atoms with Crippen LogP contribution in [0.15, 0.2) is 35.4 Å². The summed E-state index contributed by atoms with van der Waals surface area (Å²) in [5, 5.41) is 15.1. The van der Waals surface area contributed by atoms with Crippen LogP contribution in [0.2, 0.25) is 0 Å². The van der Waals surface area contributed by atoms with Gasteiger partial charge in [-0.2, -0.15) is 0 Å². The molecule has 0 aliphatic rings. The number of fused-ring (bicyclic) bond motifs is 1. The second-order valence-corrected chi connectivity index (χ2v) is 7.79. The minimum atomic E-state index is 0.0657. The maximum absolute atomic E-state index is 9.30. The maximum Gasteiger partial charge on any atom is 0.102 e. The highest BCUT2D eigenvalue weighted by atomic mass is 32.2. The quantitative estimate of drug-likeness (QED) is 0.829. The Kier molecular flexibility index (Phi) is 5.25. The third-order valence-corrected chi connectivity index (χ3v) is 4.27. The third-order valence-electron chi connectivity index (χ3n) is 3.14. The van der Waals surface area contributed by atoms with Crippen LogP contribution in [-0.4, -0.2) is 27.5 Å². The van der Waals surface area contributed by atoms with Crippen LogP contribution < -0.4 is 5.32 Å². The standard InChI is InChI=1S/C17H24N2OS/c1-12(11-20)21-16-14(10-18-17(2,3)4)9-13-7-5-6-8-15(13)19-16/h5-9,12,18,20H,10-11H2,1-4H3. The van der Waals surface area contributed by atoms with Crippen molar-refractivity contribution in [3.63, 3.8) is 0 Å². The van der Waals surface area contributed by atoms with Crippen LogP contribution in [0, 0.1) is 0 Å². The Balaban J connectivity index is 2.36. The van der Waals surface area contributed by atoms with Crippen molar-refractivity contribution in [2.75, 3.05) is 6.61 Å². The highest BCUT2D eigenvalue weighted by molar-refractivity contribution is 7.99. The molecule has 1 heterocycles. The number of rotatable bonds is 5. The van der Waals surface area contributed by atoms with Crippen LogP contribution in [0.4, 0.5) is 0 Å². The normalized spacial score (nSPS) is 13.6. The second-order valence-electron chi connectivity index (χ2n) is 6.36. The molecule has 4 heteroatoms. The van der Waals surface area contributed by atoms with E-state index in [-0.39, 0.29) is 17.4 Å². The molecule has 0 saturated heterocycles. The van der Waals surface area contributed by atoms with Crippen molar-refractivity contribution in [3.05, 3.63) is 35.9 Å². The van der Waals surface area contributed by atoms with Crippen molar-refractivity contribution in [1.29, 1.82) is 0 Å². The maximum atomic E-state index is 9.30. The molecular weight excluding hydrogens is 280 g/mol. The fourth-order valence-corrected chi connectivity index (χ4v) is 2.85. The lowest BCUT2D eigenvalue weighted by atomic mass is 10.1. The van der Waals surface area contributed by atoms with Gasteiger partial charge in [-0.05, 0) is 38.5 Å². The third kappa shape index (κ3) is 4.70. The molecule has 0 amide bonds. The molecule has 21 heavy (non-hydrogen) atoms. The summed E-state index contributed by atoms with van der Waals surface area (Å²) >= 11 is 1.63. The number of benzene rings is 1. The van der Waals surface area contributed by atoms with E-state index >= 15 is 0 Å². The lowest BCUT2D eigenvalue weighted by Crippen LogP contribution is -2.35. The Hall–Kier alpha value is -1.10. The SMILES string of the molecule is CC(CO)Sc1nc2ccccc2cc1CNC(C)(C)C. The summed E-state index contributed by atoms with van der Waals surface area (Å²) in [4.78, 5) is 4.78. The van der Waals surface area contributed by atoms with E-state index in [4.69, 9.17) is 4.98 Å². The largest absolute Gasteiger partial charge is 0.395 e. The van der Waals surface area contributed by atoms with Gasteiger partial charge in [-0.1, -0.05) is 25.1 Å². The van der Waals surface area contributed by atoms with Gasteiger partial charge in [0.05, 0.1) is 12.1 Å². The first-order valence-corrected chi connectivity index (χ1v) is 8.18. The van der Waals surface area contributed by atoms with E-state index in [1.165, 1.54) is 5.56 Å². The van der Waals surface area contributed by atoms with Crippen LogP contribution in [0.25, 0.3) is 10.9 Å².